The third-order valence-corrected chi connectivity index (χ3v) is 1.93. The molecule has 0 N–H and O–H groups in total. The zero-order chi connectivity index (χ0) is 9.64. The highest BCUT2D eigenvalue weighted by molar-refractivity contribution is 5.49. The van der Waals surface area contributed by atoms with Gasteiger partial charge in [0.25, 0.3) is 0 Å². The van der Waals surface area contributed by atoms with E-state index >= 15 is 0 Å². The first-order valence-corrected chi connectivity index (χ1v) is 4.57. The van der Waals surface area contributed by atoms with Crippen molar-refractivity contribution in [2.75, 3.05) is 0 Å². The van der Waals surface area contributed by atoms with Crippen molar-refractivity contribution in [1.82, 2.24) is 0 Å². The van der Waals surface area contributed by atoms with E-state index in [-0.39, 0.29) is 0 Å². The number of hydrogen-bond donors (Lipinski definition) is 0. The van der Waals surface area contributed by atoms with Gasteiger partial charge in [0.1, 0.15) is 0 Å². The summed E-state index contributed by atoms with van der Waals surface area (Å²) in [6.45, 7) is 0. The average Bonchev–Trinajstić information content (AvgIpc) is 2.86. The quantitative estimate of drug-likeness (QED) is 0.541. The van der Waals surface area contributed by atoms with Gasteiger partial charge in [-0.15, -0.1) is 0 Å². The molecular weight excluding hydrogens is 168 g/mol. The second-order valence-electron chi connectivity index (χ2n) is 2.99. The molecule has 0 unspecified atom stereocenters. The molecule has 0 heteroatoms. The molecule has 2 fully saturated rings. The Labute approximate surface area is 87.8 Å². The zero-order valence-electron chi connectivity index (χ0n) is 7.77. The van der Waals surface area contributed by atoms with Crippen LogP contribution in [-0.2, 0) is 0 Å². The van der Waals surface area contributed by atoms with E-state index in [0.29, 0.717) is 0 Å². The first kappa shape index (κ1) is 9.84. The maximum Gasteiger partial charge on any atom is 0.0557 e. The largest absolute Gasteiger partial charge is 0.0895 e. The molecule has 14 heavy (non-hydrogen) atoms. The Bertz CT molecular complexity index is 239. The lowest BCUT2D eigenvalue weighted by molar-refractivity contribution is 1.38. The van der Waals surface area contributed by atoms with Gasteiger partial charge >= 0.3 is 0 Å². The molecule has 2 aliphatic carbocycles. The fourth-order valence-corrected chi connectivity index (χ4v) is 1.22. The SMILES string of the molecule is C(#C[C]1[CH][CH][CH][CH]1)/C=C/[C]1[CH][CH][CH][CH]1. The molecule has 0 heterocycles. The third-order valence-electron chi connectivity index (χ3n) is 1.93. The van der Waals surface area contributed by atoms with Gasteiger partial charge in [-0.1, -0.05) is 17.9 Å². The molecule has 0 atom stereocenters. The molecule has 10 radical (unpaired) electrons. The van der Waals surface area contributed by atoms with Crippen LogP contribution in [0.4, 0.5) is 0 Å². The lowest BCUT2D eigenvalue weighted by Gasteiger charge is -1.95. The molecule has 66 valence electrons. The molecule has 2 saturated carbocycles. The van der Waals surface area contributed by atoms with Crippen LogP contribution >= 0.6 is 0 Å². The fraction of sp³-hybridized carbons (Fsp3) is 0. The summed E-state index contributed by atoms with van der Waals surface area (Å²) in [7, 11) is 0. The standard InChI is InChI=1S/C14H10/c1-2-8-13(7-1)11-5-6-12-14-9-3-4-10-14/h1-5,7-11H/b11-5+. The van der Waals surface area contributed by atoms with Crippen molar-refractivity contribution in [3.8, 4) is 11.8 Å². The molecule has 0 aliphatic heterocycles. The summed E-state index contributed by atoms with van der Waals surface area (Å²) in [5, 5.41) is 0. The molecule has 0 aromatic rings. The van der Waals surface area contributed by atoms with Crippen LogP contribution in [0.2, 0.25) is 0 Å². The fourth-order valence-electron chi connectivity index (χ4n) is 1.22. The predicted octanol–water partition coefficient (Wildman–Crippen LogP) is 2.36. The first-order chi connectivity index (χ1) is 6.95. The van der Waals surface area contributed by atoms with Gasteiger partial charge < -0.3 is 0 Å². The molecular formula is C14H10. The summed E-state index contributed by atoms with van der Waals surface area (Å²) < 4.78 is 0. The van der Waals surface area contributed by atoms with Gasteiger partial charge in [-0.05, 0) is 57.4 Å². The van der Waals surface area contributed by atoms with E-state index in [9.17, 15) is 0 Å². The van der Waals surface area contributed by atoms with E-state index in [4.69, 9.17) is 0 Å². The van der Waals surface area contributed by atoms with Gasteiger partial charge in [0.2, 0.25) is 0 Å². The van der Waals surface area contributed by atoms with Gasteiger partial charge in [-0.2, -0.15) is 0 Å². The van der Waals surface area contributed by atoms with Crippen LogP contribution in [0.1, 0.15) is 0 Å². The van der Waals surface area contributed by atoms with Gasteiger partial charge in [-0.25, -0.2) is 0 Å². The lowest BCUT2D eigenvalue weighted by Crippen LogP contribution is -1.85. The number of rotatable bonds is 1. The van der Waals surface area contributed by atoms with Gasteiger partial charge in [0.15, 0.2) is 0 Å². The maximum atomic E-state index is 3.05. The third kappa shape index (κ3) is 2.91. The van der Waals surface area contributed by atoms with Crippen molar-refractivity contribution in [3.63, 3.8) is 0 Å². The Morgan fingerprint density at radius 3 is 2.21 bits per heavy atom. The second-order valence-corrected chi connectivity index (χ2v) is 2.99. The molecule has 0 aromatic carbocycles. The topological polar surface area (TPSA) is 0 Å². The summed E-state index contributed by atoms with van der Waals surface area (Å²) in [4.78, 5) is 0. The van der Waals surface area contributed by atoms with Crippen LogP contribution in [-0.4, -0.2) is 0 Å². The highest BCUT2D eigenvalue weighted by Crippen LogP contribution is 2.24. The maximum absolute atomic E-state index is 3.05. The lowest BCUT2D eigenvalue weighted by atomic mass is 10.1. The Balaban J connectivity index is 1.73. The second kappa shape index (κ2) is 5.25. The summed E-state index contributed by atoms with van der Waals surface area (Å²) in [6.07, 6.45) is 20.0. The Kier molecular flexibility index (Phi) is 3.69. The van der Waals surface area contributed by atoms with Crippen molar-refractivity contribution in [2.45, 2.75) is 0 Å². The molecule has 0 spiro atoms. The Hall–Kier alpha value is -0.700. The smallest absolute Gasteiger partial charge is 0.0557 e. The molecule has 2 rings (SSSR count). The average molecular weight is 178 g/mol. The molecule has 0 saturated heterocycles. The number of hydrogen-bond acceptors (Lipinski definition) is 0. The Morgan fingerprint density at radius 2 is 1.50 bits per heavy atom. The summed E-state index contributed by atoms with van der Waals surface area (Å²) in [5.74, 6) is 8.31. The van der Waals surface area contributed by atoms with E-state index < -0.39 is 0 Å². The summed E-state index contributed by atoms with van der Waals surface area (Å²) in [6, 6.07) is 0. The molecule has 0 nitrogen and oxygen atoms in total. The Morgan fingerprint density at radius 1 is 0.857 bits per heavy atom. The van der Waals surface area contributed by atoms with E-state index in [1.165, 1.54) is 5.92 Å². The van der Waals surface area contributed by atoms with Crippen molar-refractivity contribution < 1.29 is 0 Å². The van der Waals surface area contributed by atoms with Gasteiger partial charge in [0, 0.05) is 5.92 Å². The van der Waals surface area contributed by atoms with Crippen molar-refractivity contribution >= 4 is 0 Å². The minimum Gasteiger partial charge on any atom is -0.0895 e. The van der Waals surface area contributed by atoms with Crippen LogP contribution in [0, 0.1) is 75.0 Å². The molecule has 0 aromatic heterocycles. The van der Waals surface area contributed by atoms with E-state index in [1.807, 2.05) is 50.7 Å². The van der Waals surface area contributed by atoms with Crippen molar-refractivity contribution in [3.05, 3.63) is 75.4 Å². The van der Waals surface area contributed by atoms with E-state index in [0.717, 1.165) is 5.92 Å². The van der Waals surface area contributed by atoms with E-state index in [1.54, 1.807) is 0 Å². The first-order valence-electron chi connectivity index (χ1n) is 4.57. The molecule has 0 amide bonds. The van der Waals surface area contributed by atoms with E-state index in [2.05, 4.69) is 24.7 Å². The monoisotopic (exact) mass is 178 g/mol. The predicted molar refractivity (Wildman–Crippen MR) is 57.8 cm³/mol. The zero-order valence-corrected chi connectivity index (χ0v) is 7.77. The van der Waals surface area contributed by atoms with Crippen LogP contribution < -0.4 is 0 Å². The van der Waals surface area contributed by atoms with Crippen LogP contribution in [0.5, 0.6) is 0 Å². The normalized spacial score (nSPS) is 24.3. The number of allylic oxidation sites excluding steroid dienone is 2. The highest BCUT2D eigenvalue weighted by atomic mass is 14.2. The van der Waals surface area contributed by atoms with Gasteiger partial charge in [0.05, 0.1) is 5.92 Å². The highest BCUT2D eigenvalue weighted by Gasteiger charge is 2.14. The molecule has 2 aliphatic rings. The van der Waals surface area contributed by atoms with Crippen molar-refractivity contribution in [1.29, 1.82) is 0 Å². The van der Waals surface area contributed by atoms with Crippen LogP contribution in [0.25, 0.3) is 0 Å². The summed E-state index contributed by atoms with van der Waals surface area (Å²) in [5.41, 5.74) is 0. The van der Waals surface area contributed by atoms with Crippen molar-refractivity contribution in [2.24, 2.45) is 0 Å². The van der Waals surface area contributed by atoms with Gasteiger partial charge in [-0.3, -0.25) is 0 Å². The van der Waals surface area contributed by atoms with Crippen LogP contribution in [0.3, 0.4) is 0 Å². The minimum absolute atomic E-state index is 1.07. The minimum atomic E-state index is 1.07. The van der Waals surface area contributed by atoms with Crippen LogP contribution in [0.15, 0.2) is 12.2 Å². The summed E-state index contributed by atoms with van der Waals surface area (Å²) >= 11 is 0. The molecule has 0 bridgehead atoms.